The molecule has 132 valence electrons. The number of carbonyl (C=O) groups excluding carboxylic acids is 1. The Hall–Kier alpha value is -1.69. The first-order chi connectivity index (χ1) is 12.0. The number of aryl methyl sites for hydroxylation is 2. The molecule has 5 nitrogen and oxygen atoms in total. The monoisotopic (exact) mass is 356 g/mol. The smallest absolute Gasteiger partial charge is 0.263 e. The van der Waals surface area contributed by atoms with Crippen LogP contribution in [-0.2, 0) is 0 Å². The van der Waals surface area contributed by atoms with Crippen molar-refractivity contribution in [3.63, 3.8) is 0 Å². The second kappa shape index (κ2) is 5.40. The van der Waals surface area contributed by atoms with Gasteiger partial charge in [0.1, 0.15) is 9.71 Å². The van der Waals surface area contributed by atoms with Crippen molar-refractivity contribution >= 4 is 33.1 Å². The summed E-state index contributed by atoms with van der Waals surface area (Å²) in [5, 5.41) is 12.7. The van der Waals surface area contributed by atoms with Gasteiger partial charge in [-0.05, 0) is 68.8 Å². The molecule has 5 atom stereocenters. The van der Waals surface area contributed by atoms with Gasteiger partial charge in [0.2, 0.25) is 0 Å². The Morgan fingerprint density at radius 1 is 1.16 bits per heavy atom. The highest BCUT2D eigenvalue weighted by Crippen LogP contribution is 2.55. The number of hydrogen-bond donors (Lipinski definition) is 2. The van der Waals surface area contributed by atoms with E-state index in [1.807, 2.05) is 13.8 Å². The van der Waals surface area contributed by atoms with E-state index in [4.69, 9.17) is 5.73 Å². The number of rotatable bonds is 2. The molecule has 0 radical (unpaired) electrons. The van der Waals surface area contributed by atoms with Gasteiger partial charge in [0.15, 0.2) is 0 Å². The number of hydrogen-bond acceptors (Lipinski definition) is 5. The average Bonchev–Trinajstić information content (AvgIpc) is 3.00. The largest absolute Gasteiger partial charge is 0.397 e. The first-order valence-corrected chi connectivity index (χ1v) is 10.2. The van der Waals surface area contributed by atoms with Crippen LogP contribution in [0.4, 0.5) is 5.69 Å². The molecule has 2 heterocycles. The molecule has 25 heavy (non-hydrogen) atoms. The summed E-state index contributed by atoms with van der Waals surface area (Å²) in [5.74, 6) is 3.06. The minimum absolute atomic E-state index is 0.0152. The molecule has 0 aromatic carbocycles. The van der Waals surface area contributed by atoms with Gasteiger partial charge in [0.25, 0.3) is 5.91 Å². The van der Waals surface area contributed by atoms with Crippen LogP contribution in [0.5, 0.6) is 0 Å². The van der Waals surface area contributed by atoms with E-state index in [0.717, 1.165) is 33.3 Å². The molecule has 2 aromatic rings. The molecule has 3 bridgehead atoms. The number of carbonyl (C=O) groups is 1. The number of nitrogen functional groups attached to an aromatic ring is 1. The van der Waals surface area contributed by atoms with Gasteiger partial charge >= 0.3 is 0 Å². The molecule has 3 N–H and O–H groups in total. The van der Waals surface area contributed by atoms with Gasteiger partial charge in [-0.2, -0.15) is 5.10 Å². The zero-order valence-corrected chi connectivity index (χ0v) is 15.5. The molecule has 3 saturated carbocycles. The Morgan fingerprint density at radius 3 is 2.80 bits per heavy atom. The molecule has 3 fully saturated rings. The first kappa shape index (κ1) is 15.6. The Morgan fingerprint density at radius 2 is 1.96 bits per heavy atom. The van der Waals surface area contributed by atoms with Crippen LogP contribution in [0.3, 0.4) is 0 Å². The minimum Gasteiger partial charge on any atom is -0.397 e. The standard InChI is InChI=1S/C19H24N4OS/c1-8-9(2)22-23-19-14(8)15(20)17(25-19)18(24)21-16-12-6-10-3-4-13(16)11(5-10)7-12/h10-13,16H,3-7,20H2,1-2H3,(H,21,24). The molecule has 5 rings (SSSR count). The van der Waals surface area contributed by atoms with Crippen LogP contribution in [0.25, 0.3) is 10.2 Å². The lowest BCUT2D eigenvalue weighted by molar-refractivity contribution is 0.0919. The summed E-state index contributed by atoms with van der Waals surface area (Å²) in [5.41, 5.74) is 8.80. The number of nitrogens with two attached hydrogens (primary N) is 1. The highest BCUT2D eigenvalue weighted by molar-refractivity contribution is 7.21. The van der Waals surface area contributed by atoms with Crippen molar-refractivity contribution < 1.29 is 4.79 Å². The molecular formula is C19H24N4OS. The fourth-order valence-corrected chi connectivity index (χ4v) is 6.75. The Kier molecular flexibility index (Phi) is 3.36. The summed E-state index contributed by atoms with van der Waals surface area (Å²) < 4.78 is 0. The third-order valence-electron chi connectivity index (χ3n) is 7.00. The molecule has 5 unspecified atom stereocenters. The molecule has 6 heteroatoms. The first-order valence-electron chi connectivity index (χ1n) is 9.35. The Labute approximate surface area is 151 Å². The molecule has 0 spiro atoms. The van der Waals surface area contributed by atoms with Crippen molar-refractivity contribution in [1.29, 1.82) is 0 Å². The third-order valence-corrected chi connectivity index (χ3v) is 8.09. The fourth-order valence-electron chi connectivity index (χ4n) is 5.75. The van der Waals surface area contributed by atoms with E-state index in [1.54, 1.807) is 0 Å². The topological polar surface area (TPSA) is 80.9 Å². The van der Waals surface area contributed by atoms with E-state index in [2.05, 4.69) is 15.5 Å². The van der Waals surface area contributed by atoms with Crippen LogP contribution in [0.15, 0.2) is 0 Å². The van der Waals surface area contributed by atoms with Gasteiger partial charge in [0.05, 0.1) is 11.4 Å². The lowest BCUT2D eigenvalue weighted by Gasteiger charge is -2.33. The summed E-state index contributed by atoms with van der Waals surface area (Å²) in [4.78, 5) is 14.4. The van der Waals surface area contributed by atoms with Gasteiger partial charge in [-0.3, -0.25) is 4.79 Å². The normalized spacial score (nSPS) is 33.1. The van der Waals surface area contributed by atoms with Crippen LogP contribution < -0.4 is 11.1 Å². The molecule has 1 amide bonds. The predicted molar refractivity (Wildman–Crippen MR) is 99.6 cm³/mol. The quantitative estimate of drug-likeness (QED) is 0.864. The summed E-state index contributed by atoms with van der Waals surface area (Å²) in [6.45, 7) is 3.92. The van der Waals surface area contributed by atoms with Gasteiger partial charge < -0.3 is 11.1 Å². The van der Waals surface area contributed by atoms with Crippen LogP contribution in [0.2, 0.25) is 0 Å². The number of amides is 1. The molecule has 0 saturated heterocycles. The van der Waals surface area contributed by atoms with E-state index in [1.165, 1.54) is 43.4 Å². The van der Waals surface area contributed by atoms with Crippen molar-refractivity contribution in [3.05, 3.63) is 16.1 Å². The Bertz CT molecular complexity index is 876. The summed E-state index contributed by atoms with van der Waals surface area (Å²) in [6.07, 6.45) is 6.61. The van der Waals surface area contributed by atoms with Gasteiger partial charge in [-0.1, -0.05) is 6.42 Å². The van der Waals surface area contributed by atoms with E-state index in [-0.39, 0.29) is 5.91 Å². The molecule has 3 aliphatic carbocycles. The maximum absolute atomic E-state index is 13.0. The molecule has 3 aliphatic rings. The maximum Gasteiger partial charge on any atom is 0.263 e. The van der Waals surface area contributed by atoms with Gasteiger partial charge in [-0.25, -0.2) is 0 Å². The lowest BCUT2D eigenvalue weighted by atomic mass is 9.72. The number of nitrogens with zero attached hydrogens (tertiary/aromatic N) is 2. The molecular weight excluding hydrogens is 332 g/mol. The number of thiophene rings is 1. The second-order valence-electron chi connectivity index (χ2n) is 8.27. The summed E-state index contributed by atoms with van der Waals surface area (Å²) in [6, 6.07) is 0.337. The average molecular weight is 356 g/mol. The van der Waals surface area contributed by atoms with Crippen molar-refractivity contribution in [3.8, 4) is 0 Å². The highest BCUT2D eigenvalue weighted by Gasteiger charge is 2.51. The van der Waals surface area contributed by atoms with Crippen LogP contribution in [0, 0.1) is 37.5 Å². The summed E-state index contributed by atoms with van der Waals surface area (Å²) >= 11 is 1.37. The van der Waals surface area contributed by atoms with Crippen molar-refractivity contribution in [2.24, 2.45) is 23.7 Å². The zero-order valence-electron chi connectivity index (χ0n) is 14.7. The zero-order chi connectivity index (χ0) is 17.3. The van der Waals surface area contributed by atoms with E-state index in [0.29, 0.717) is 28.4 Å². The van der Waals surface area contributed by atoms with Gasteiger partial charge in [-0.15, -0.1) is 16.4 Å². The van der Waals surface area contributed by atoms with Crippen molar-refractivity contribution in [2.45, 2.75) is 52.0 Å². The SMILES string of the molecule is Cc1nnc2sc(C(=O)NC3C4CC5CCC3C(C5)C4)c(N)c2c1C. The number of anilines is 1. The van der Waals surface area contributed by atoms with Gasteiger partial charge in [0, 0.05) is 11.4 Å². The highest BCUT2D eigenvalue weighted by atomic mass is 32.1. The molecule has 0 aliphatic heterocycles. The second-order valence-corrected chi connectivity index (χ2v) is 9.27. The summed E-state index contributed by atoms with van der Waals surface area (Å²) in [7, 11) is 0. The molecule has 2 aromatic heterocycles. The van der Waals surface area contributed by atoms with E-state index in [9.17, 15) is 4.79 Å². The predicted octanol–water partition coefficient (Wildman–Crippen LogP) is 3.44. The van der Waals surface area contributed by atoms with Crippen LogP contribution in [0.1, 0.15) is 53.0 Å². The minimum atomic E-state index is -0.0152. The lowest BCUT2D eigenvalue weighted by Crippen LogP contribution is -2.41. The van der Waals surface area contributed by atoms with E-state index >= 15 is 0 Å². The van der Waals surface area contributed by atoms with Crippen LogP contribution in [-0.4, -0.2) is 22.1 Å². The third kappa shape index (κ3) is 2.23. The fraction of sp³-hybridized carbons (Fsp3) is 0.632. The maximum atomic E-state index is 13.0. The van der Waals surface area contributed by atoms with E-state index < -0.39 is 0 Å². The number of fused-ring (bicyclic) bond motifs is 3. The number of nitrogens with one attached hydrogen (secondary N) is 1. The van der Waals surface area contributed by atoms with Crippen molar-refractivity contribution in [1.82, 2.24) is 15.5 Å². The Balaban J connectivity index is 1.46. The van der Waals surface area contributed by atoms with Crippen molar-refractivity contribution in [2.75, 3.05) is 5.73 Å². The number of aromatic nitrogens is 2. The van der Waals surface area contributed by atoms with Crippen LogP contribution >= 0.6 is 11.3 Å².